The van der Waals surface area contributed by atoms with E-state index in [4.69, 9.17) is 9.47 Å². The van der Waals surface area contributed by atoms with E-state index in [1.54, 1.807) is 38.4 Å². The molecule has 0 atom stereocenters. The third-order valence-corrected chi connectivity index (χ3v) is 5.13. The summed E-state index contributed by atoms with van der Waals surface area (Å²) in [6.45, 7) is 3.55. The fraction of sp³-hybridized carbons (Fsp3) is 0.312. The van der Waals surface area contributed by atoms with Gasteiger partial charge in [0.05, 0.1) is 19.8 Å². The van der Waals surface area contributed by atoms with Crippen molar-refractivity contribution in [2.45, 2.75) is 24.3 Å². The summed E-state index contributed by atoms with van der Waals surface area (Å²) in [4.78, 5) is 4.09. The van der Waals surface area contributed by atoms with E-state index in [1.165, 1.54) is 26.4 Å². The maximum Gasteiger partial charge on any atom is 0.245 e. The van der Waals surface area contributed by atoms with Gasteiger partial charge < -0.3 is 9.47 Å². The first-order valence-electron chi connectivity index (χ1n) is 6.96. The minimum atomic E-state index is -3.79. The fourth-order valence-corrected chi connectivity index (χ4v) is 3.73. The molecule has 2 aromatic rings. The third-order valence-electron chi connectivity index (χ3n) is 3.43. The van der Waals surface area contributed by atoms with E-state index < -0.39 is 15.6 Å². The second kappa shape index (κ2) is 6.55. The number of benzene rings is 1. The average molecular weight is 336 g/mol. The van der Waals surface area contributed by atoms with Crippen LogP contribution in [0.25, 0.3) is 0 Å². The quantitative estimate of drug-likeness (QED) is 0.876. The van der Waals surface area contributed by atoms with E-state index >= 15 is 0 Å². The molecule has 7 heteroatoms. The van der Waals surface area contributed by atoms with E-state index in [9.17, 15) is 8.42 Å². The van der Waals surface area contributed by atoms with Crippen molar-refractivity contribution < 1.29 is 17.9 Å². The molecule has 1 aromatic heterocycles. The molecule has 124 valence electrons. The molecule has 0 aliphatic carbocycles. The van der Waals surface area contributed by atoms with Crippen LogP contribution in [-0.4, -0.2) is 27.6 Å². The van der Waals surface area contributed by atoms with Gasteiger partial charge in [-0.3, -0.25) is 4.98 Å². The topological polar surface area (TPSA) is 77.5 Å². The van der Waals surface area contributed by atoms with Crippen LogP contribution in [-0.2, 0) is 15.6 Å². The molecule has 0 unspecified atom stereocenters. The van der Waals surface area contributed by atoms with Gasteiger partial charge in [0.1, 0.15) is 16.4 Å². The molecule has 23 heavy (non-hydrogen) atoms. The van der Waals surface area contributed by atoms with Gasteiger partial charge in [0.15, 0.2) is 0 Å². The van der Waals surface area contributed by atoms with Crippen LogP contribution in [0.3, 0.4) is 0 Å². The Hall–Kier alpha value is -2.12. The van der Waals surface area contributed by atoms with Crippen molar-refractivity contribution in [3.05, 3.63) is 48.3 Å². The van der Waals surface area contributed by atoms with Crippen LogP contribution < -0.4 is 14.2 Å². The van der Waals surface area contributed by atoms with Crippen LogP contribution in [0.2, 0.25) is 0 Å². The molecule has 0 fully saturated rings. The van der Waals surface area contributed by atoms with Crippen LogP contribution in [0.15, 0.2) is 47.6 Å². The van der Waals surface area contributed by atoms with Crippen molar-refractivity contribution in [2.75, 3.05) is 14.2 Å². The lowest BCUT2D eigenvalue weighted by Gasteiger charge is -2.26. The molecule has 1 N–H and O–H groups in total. The van der Waals surface area contributed by atoms with Crippen molar-refractivity contribution in [1.82, 2.24) is 9.71 Å². The van der Waals surface area contributed by atoms with Gasteiger partial charge in [-0.05, 0) is 37.6 Å². The van der Waals surface area contributed by atoms with Crippen LogP contribution >= 0.6 is 0 Å². The van der Waals surface area contributed by atoms with Crippen molar-refractivity contribution in [2.24, 2.45) is 0 Å². The molecule has 0 amide bonds. The molecule has 0 bridgehead atoms. The number of ether oxygens (including phenoxy) is 2. The molecule has 0 radical (unpaired) electrons. The monoisotopic (exact) mass is 336 g/mol. The Balaban J connectivity index is 2.39. The first-order valence-corrected chi connectivity index (χ1v) is 8.45. The minimum Gasteiger partial charge on any atom is -0.497 e. The standard InChI is InChI=1S/C16H20N2O4S/c1-16(2,12-6-5-9-17-11-12)18-23(19,20)15-8-7-13(21-3)10-14(15)22-4/h5-11,18H,1-4H3. The molecule has 2 rings (SSSR count). The van der Waals surface area contributed by atoms with Gasteiger partial charge >= 0.3 is 0 Å². The average Bonchev–Trinajstić information content (AvgIpc) is 2.54. The highest BCUT2D eigenvalue weighted by Gasteiger charge is 2.30. The Morgan fingerprint density at radius 3 is 2.43 bits per heavy atom. The Bertz CT molecular complexity index is 774. The van der Waals surface area contributed by atoms with E-state index in [0.29, 0.717) is 5.75 Å². The Kier molecular flexibility index (Phi) is 4.91. The molecular weight excluding hydrogens is 316 g/mol. The number of pyridine rings is 1. The zero-order valence-corrected chi connectivity index (χ0v) is 14.3. The first kappa shape index (κ1) is 17.2. The zero-order valence-electron chi connectivity index (χ0n) is 13.5. The summed E-state index contributed by atoms with van der Waals surface area (Å²) in [6, 6.07) is 8.15. The maximum absolute atomic E-state index is 12.7. The van der Waals surface area contributed by atoms with Crippen molar-refractivity contribution in [3.63, 3.8) is 0 Å². The number of nitrogens with zero attached hydrogens (tertiary/aromatic N) is 1. The van der Waals surface area contributed by atoms with Crippen LogP contribution in [0, 0.1) is 0 Å². The highest BCUT2D eigenvalue weighted by molar-refractivity contribution is 7.89. The molecule has 0 saturated carbocycles. The van der Waals surface area contributed by atoms with Crippen LogP contribution in [0.1, 0.15) is 19.4 Å². The number of nitrogens with one attached hydrogen (secondary N) is 1. The van der Waals surface area contributed by atoms with Gasteiger partial charge in [-0.2, -0.15) is 0 Å². The number of aromatic nitrogens is 1. The third kappa shape index (κ3) is 3.80. The molecule has 1 heterocycles. The molecule has 0 saturated heterocycles. The van der Waals surface area contributed by atoms with Crippen LogP contribution in [0.5, 0.6) is 11.5 Å². The molecular formula is C16H20N2O4S. The lowest BCUT2D eigenvalue weighted by atomic mass is 9.98. The summed E-state index contributed by atoms with van der Waals surface area (Å²) in [5.41, 5.74) is -0.0612. The fourth-order valence-electron chi connectivity index (χ4n) is 2.18. The summed E-state index contributed by atoms with van der Waals surface area (Å²) in [6.07, 6.45) is 3.27. The number of sulfonamides is 1. The van der Waals surface area contributed by atoms with E-state index in [0.717, 1.165) is 5.56 Å². The SMILES string of the molecule is COc1ccc(S(=O)(=O)NC(C)(C)c2cccnc2)c(OC)c1. The predicted molar refractivity (Wildman–Crippen MR) is 87.1 cm³/mol. The van der Waals surface area contributed by atoms with Gasteiger partial charge in [-0.1, -0.05) is 6.07 Å². The summed E-state index contributed by atoms with van der Waals surface area (Å²) in [5, 5.41) is 0. The number of rotatable bonds is 6. The normalized spacial score (nSPS) is 12.0. The van der Waals surface area contributed by atoms with Gasteiger partial charge in [-0.15, -0.1) is 0 Å². The largest absolute Gasteiger partial charge is 0.497 e. The Labute approximate surface area is 136 Å². The molecule has 6 nitrogen and oxygen atoms in total. The Morgan fingerprint density at radius 2 is 1.87 bits per heavy atom. The van der Waals surface area contributed by atoms with E-state index in [1.807, 2.05) is 6.07 Å². The van der Waals surface area contributed by atoms with E-state index in [2.05, 4.69) is 9.71 Å². The van der Waals surface area contributed by atoms with Gasteiger partial charge in [0.25, 0.3) is 0 Å². The first-order chi connectivity index (χ1) is 10.8. The molecule has 0 spiro atoms. The summed E-state index contributed by atoms with van der Waals surface area (Å²) >= 11 is 0. The predicted octanol–water partition coefficient (Wildman–Crippen LogP) is 2.31. The van der Waals surface area contributed by atoms with Crippen molar-refractivity contribution in [3.8, 4) is 11.5 Å². The number of hydrogen-bond donors (Lipinski definition) is 1. The van der Waals surface area contributed by atoms with Crippen molar-refractivity contribution in [1.29, 1.82) is 0 Å². The summed E-state index contributed by atoms with van der Waals surface area (Å²) in [7, 11) is -0.869. The van der Waals surface area contributed by atoms with Crippen LogP contribution in [0.4, 0.5) is 0 Å². The highest BCUT2D eigenvalue weighted by atomic mass is 32.2. The molecule has 1 aromatic carbocycles. The van der Waals surface area contributed by atoms with Gasteiger partial charge in [-0.25, -0.2) is 13.1 Å². The zero-order chi connectivity index (χ0) is 17.1. The second-order valence-corrected chi connectivity index (χ2v) is 7.14. The lowest BCUT2D eigenvalue weighted by Crippen LogP contribution is -2.41. The van der Waals surface area contributed by atoms with Gasteiger partial charge in [0, 0.05) is 18.5 Å². The van der Waals surface area contributed by atoms with E-state index in [-0.39, 0.29) is 10.6 Å². The smallest absolute Gasteiger partial charge is 0.245 e. The molecule has 0 aliphatic rings. The highest BCUT2D eigenvalue weighted by Crippen LogP contribution is 2.30. The second-order valence-electron chi connectivity index (χ2n) is 5.49. The van der Waals surface area contributed by atoms with Crippen molar-refractivity contribution >= 4 is 10.0 Å². The molecule has 0 aliphatic heterocycles. The number of hydrogen-bond acceptors (Lipinski definition) is 5. The minimum absolute atomic E-state index is 0.0535. The lowest BCUT2D eigenvalue weighted by molar-refractivity contribution is 0.385. The Morgan fingerprint density at radius 1 is 1.13 bits per heavy atom. The summed E-state index contributed by atoms with van der Waals surface area (Å²) < 4.78 is 38.5. The maximum atomic E-state index is 12.7. The van der Waals surface area contributed by atoms with Gasteiger partial charge in [0.2, 0.25) is 10.0 Å². The summed E-state index contributed by atoms with van der Waals surface area (Å²) in [5.74, 6) is 0.742. The number of methoxy groups -OCH3 is 2.